The Kier molecular flexibility index (Phi) is 4.11. The third-order valence-corrected chi connectivity index (χ3v) is 3.69. The Morgan fingerprint density at radius 1 is 1.44 bits per heavy atom. The van der Waals surface area contributed by atoms with Gasteiger partial charge in [-0.1, -0.05) is 19.1 Å². The van der Waals surface area contributed by atoms with Gasteiger partial charge in [0, 0.05) is 19.3 Å². The second-order valence-electron chi connectivity index (χ2n) is 5.04. The van der Waals surface area contributed by atoms with E-state index in [1.165, 1.54) is 19.3 Å². The molecule has 1 aromatic heterocycles. The summed E-state index contributed by atoms with van der Waals surface area (Å²) >= 11 is 5.09. The smallest absolute Gasteiger partial charge is 0.142 e. The molecule has 1 aliphatic rings. The van der Waals surface area contributed by atoms with E-state index < -0.39 is 0 Å². The SMILES string of the molecule is Cc1ncc(C(N)=S)c(N2CCCC(C)CC2)n1. The van der Waals surface area contributed by atoms with E-state index in [1.807, 2.05) is 6.92 Å². The van der Waals surface area contributed by atoms with Gasteiger partial charge in [0.15, 0.2) is 0 Å². The Balaban J connectivity index is 2.30. The van der Waals surface area contributed by atoms with E-state index in [0.717, 1.165) is 36.2 Å². The maximum Gasteiger partial charge on any atom is 0.142 e. The van der Waals surface area contributed by atoms with Gasteiger partial charge in [-0.05, 0) is 32.1 Å². The standard InChI is InChI=1S/C13H20N4S/c1-9-4-3-6-17(7-5-9)13-11(12(14)18)8-15-10(2)16-13/h8-9H,3-7H2,1-2H3,(H2,14,18). The number of aromatic nitrogens is 2. The van der Waals surface area contributed by atoms with Crippen LogP contribution in [0.3, 0.4) is 0 Å². The van der Waals surface area contributed by atoms with Gasteiger partial charge in [-0.3, -0.25) is 0 Å². The second kappa shape index (κ2) is 5.61. The summed E-state index contributed by atoms with van der Waals surface area (Å²) in [6, 6.07) is 0. The van der Waals surface area contributed by atoms with Crippen molar-refractivity contribution in [3.05, 3.63) is 17.6 Å². The molecule has 0 radical (unpaired) electrons. The summed E-state index contributed by atoms with van der Waals surface area (Å²) in [6.45, 7) is 6.25. The van der Waals surface area contributed by atoms with Crippen LogP contribution in [0, 0.1) is 12.8 Å². The second-order valence-corrected chi connectivity index (χ2v) is 5.48. The maximum absolute atomic E-state index is 5.76. The number of rotatable bonds is 2. The van der Waals surface area contributed by atoms with Crippen molar-refractivity contribution in [1.82, 2.24) is 9.97 Å². The van der Waals surface area contributed by atoms with Crippen LogP contribution in [-0.4, -0.2) is 28.0 Å². The highest BCUT2D eigenvalue weighted by molar-refractivity contribution is 7.80. The molecular formula is C13H20N4S. The van der Waals surface area contributed by atoms with Crippen LogP contribution in [0.5, 0.6) is 0 Å². The van der Waals surface area contributed by atoms with E-state index in [2.05, 4.69) is 21.8 Å². The Morgan fingerprint density at radius 3 is 2.94 bits per heavy atom. The van der Waals surface area contributed by atoms with Gasteiger partial charge in [0.05, 0.1) is 5.56 Å². The average molecular weight is 264 g/mol. The van der Waals surface area contributed by atoms with Gasteiger partial charge >= 0.3 is 0 Å². The first-order chi connectivity index (χ1) is 8.58. The van der Waals surface area contributed by atoms with Gasteiger partial charge < -0.3 is 10.6 Å². The fourth-order valence-electron chi connectivity index (χ4n) is 2.35. The molecule has 1 saturated heterocycles. The number of anilines is 1. The normalized spacial score (nSPS) is 20.6. The monoisotopic (exact) mass is 264 g/mol. The fourth-order valence-corrected chi connectivity index (χ4v) is 2.49. The molecule has 1 aromatic rings. The minimum atomic E-state index is 0.377. The van der Waals surface area contributed by atoms with E-state index in [9.17, 15) is 0 Å². The number of hydrogen-bond donors (Lipinski definition) is 1. The lowest BCUT2D eigenvalue weighted by Crippen LogP contribution is -2.28. The van der Waals surface area contributed by atoms with Crippen LogP contribution in [0.4, 0.5) is 5.82 Å². The molecule has 0 aromatic carbocycles. The predicted molar refractivity (Wildman–Crippen MR) is 77.9 cm³/mol. The van der Waals surface area contributed by atoms with E-state index in [-0.39, 0.29) is 0 Å². The summed E-state index contributed by atoms with van der Waals surface area (Å²) < 4.78 is 0. The quantitative estimate of drug-likeness (QED) is 0.829. The van der Waals surface area contributed by atoms with Crippen molar-refractivity contribution in [3.63, 3.8) is 0 Å². The first-order valence-corrected chi connectivity index (χ1v) is 6.87. The third-order valence-electron chi connectivity index (χ3n) is 3.47. The number of hydrogen-bond acceptors (Lipinski definition) is 4. The minimum Gasteiger partial charge on any atom is -0.389 e. The van der Waals surface area contributed by atoms with Crippen molar-refractivity contribution in [2.75, 3.05) is 18.0 Å². The summed E-state index contributed by atoms with van der Waals surface area (Å²) in [5, 5.41) is 0. The van der Waals surface area contributed by atoms with Crippen LogP contribution in [0.1, 0.15) is 37.6 Å². The van der Waals surface area contributed by atoms with Crippen LogP contribution < -0.4 is 10.6 Å². The van der Waals surface area contributed by atoms with Crippen molar-refractivity contribution < 1.29 is 0 Å². The largest absolute Gasteiger partial charge is 0.389 e. The Morgan fingerprint density at radius 2 is 2.22 bits per heavy atom. The molecule has 0 saturated carbocycles. The minimum absolute atomic E-state index is 0.377. The number of aryl methyl sites for hydroxylation is 1. The van der Waals surface area contributed by atoms with Crippen molar-refractivity contribution in [2.45, 2.75) is 33.1 Å². The molecule has 1 aliphatic heterocycles. The fraction of sp³-hybridized carbons (Fsp3) is 0.615. The molecule has 18 heavy (non-hydrogen) atoms. The van der Waals surface area contributed by atoms with Gasteiger partial charge in [0.1, 0.15) is 16.6 Å². The Labute approximate surface area is 114 Å². The summed E-state index contributed by atoms with van der Waals surface area (Å²) in [7, 11) is 0. The molecule has 0 bridgehead atoms. The first-order valence-electron chi connectivity index (χ1n) is 6.46. The van der Waals surface area contributed by atoms with Crippen molar-refractivity contribution in [2.24, 2.45) is 11.7 Å². The molecule has 0 aliphatic carbocycles. The summed E-state index contributed by atoms with van der Waals surface area (Å²) in [5.41, 5.74) is 6.56. The van der Waals surface area contributed by atoms with Gasteiger partial charge in [-0.25, -0.2) is 9.97 Å². The number of thiocarbonyl (C=S) groups is 1. The van der Waals surface area contributed by atoms with Crippen molar-refractivity contribution in [1.29, 1.82) is 0 Å². The van der Waals surface area contributed by atoms with E-state index in [1.54, 1.807) is 6.20 Å². The van der Waals surface area contributed by atoms with E-state index >= 15 is 0 Å². The van der Waals surface area contributed by atoms with E-state index in [4.69, 9.17) is 18.0 Å². The highest BCUT2D eigenvalue weighted by atomic mass is 32.1. The molecule has 4 nitrogen and oxygen atoms in total. The predicted octanol–water partition coefficient (Wildman–Crippen LogP) is 2.05. The molecule has 1 atom stereocenters. The highest BCUT2D eigenvalue weighted by Crippen LogP contribution is 2.23. The molecule has 2 N–H and O–H groups in total. The lowest BCUT2D eigenvalue weighted by atomic mass is 10.0. The van der Waals surface area contributed by atoms with Crippen LogP contribution in [0.25, 0.3) is 0 Å². The van der Waals surface area contributed by atoms with Gasteiger partial charge in [-0.2, -0.15) is 0 Å². The molecular weight excluding hydrogens is 244 g/mol. The number of nitrogens with zero attached hydrogens (tertiary/aromatic N) is 3. The van der Waals surface area contributed by atoms with Crippen LogP contribution in [0.2, 0.25) is 0 Å². The number of nitrogens with two attached hydrogens (primary N) is 1. The average Bonchev–Trinajstić information content (AvgIpc) is 2.53. The molecule has 1 fully saturated rings. The zero-order valence-corrected chi connectivity index (χ0v) is 11.8. The van der Waals surface area contributed by atoms with Gasteiger partial charge in [0.2, 0.25) is 0 Å². The highest BCUT2D eigenvalue weighted by Gasteiger charge is 2.19. The van der Waals surface area contributed by atoms with Crippen LogP contribution in [0.15, 0.2) is 6.20 Å². The van der Waals surface area contributed by atoms with Crippen molar-refractivity contribution in [3.8, 4) is 0 Å². The summed E-state index contributed by atoms with van der Waals surface area (Å²) in [5.74, 6) is 2.46. The lowest BCUT2D eigenvalue weighted by molar-refractivity contribution is 0.521. The van der Waals surface area contributed by atoms with Gasteiger partial charge in [0.25, 0.3) is 0 Å². The third kappa shape index (κ3) is 2.96. The molecule has 0 amide bonds. The van der Waals surface area contributed by atoms with Crippen LogP contribution in [-0.2, 0) is 0 Å². The maximum atomic E-state index is 5.76. The lowest BCUT2D eigenvalue weighted by Gasteiger charge is -2.24. The summed E-state index contributed by atoms with van der Waals surface area (Å²) in [4.78, 5) is 11.4. The summed E-state index contributed by atoms with van der Waals surface area (Å²) in [6.07, 6.45) is 5.41. The molecule has 2 rings (SSSR count). The Bertz CT molecular complexity index is 447. The van der Waals surface area contributed by atoms with Crippen LogP contribution >= 0.6 is 12.2 Å². The zero-order valence-electron chi connectivity index (χ0n) is 11.0. The zero-order chi connectivity index (χ0) is 13.1. The molecule has 2 heterocycles. The Hall–Kier alpha value is -1.23. The topological polar surface area (TPSA) is 55.0 Å². The first kappa shape index (κ1) is 13.2. The molecule has 5 heteroatoms. The van der Waals surface area contributed by atoms with Gasteiger partial charge in [-0.15, -0.1) is 0 Å². The van der Waals surface area contributed by atoms with E-state index in [0.29, 0.717) is 4.99 Å². The molecule has 98 valence electrons. The van der Waals surface area contributed by atoms with Crippen molar-refractivity contribution >= 4 is 23.0 Å². The molecule has 0 spiro atoms. The molecule has 1 unspecified atom stereocenters.